The first-order chi connectivity index (χ1) is 11.5. The van der Waals surface area contributed by atoms with E-state index in [0.29, 0.717) is 24.6 Å². The molecule has 0 unspecified atom stereocenters. The standard InChI is InChI=1S/C17H29N5O2/c1-4-9-18-16(23)14-13-8-5-6-12-22(13)15(20-14)17(24)19-10-7-11-21(2)3/h4-12H2,1-3H3,(H,18,23)(H,19,24). The van der Waals surface area contributed by atoms with Crippen molar-refractivity contribution in [2.45, 2.75) is 45.6 Å². The molecule has 0 bridgehead atoms. The second-order valence-electron chi connectivity index (χ2n) is 6.51. The van der Waals surface area contributed by atoms with Crippen LogP contribution in [-0.4, -0.2) is 60.0 Å². The minimum Gasteiger partial charge on any atom is -0.351 e. The van der Waals surface area contributed by atoms with Crippen LogP contribution in [0.5, 0.6) is 0 Å². The van der Waals surface area contributed by atoms with E-state index in [-0.39, 0.29) is 11.8 Å². The number of nitrogens with one attached hydrogen (secondary N) is 2. The number of aromatic nitrogens is 2. The third-order valence-corrected chi connectivity index (χ3v) is 4.14. The van der Waals surface area contributed by atoms with Crippen molar-refractivity contribution in [2.75, 3.05) is 33.7 Å². The molecule has 2 heterocycles. The zero-order valence-electron chi connectivity index (χ0n) is 15.0. The van der Waals surface area contributed by atoms with E-state index in [9.17, 15) is 9.59 Å². The van der Waals surface area contributed by atoms with Crippen LogP contribution in [0.25, 0.3) is 0 Å². The summed E-state index contributed by atoms with van der Waals surface area (Å²) in [6.45, 7) is 4.91. The van der Waals surface area contributed by atoms with E-state index in [0.717, 1.165) is 50.9 Å². The third kappa shape index (κ3) is 4.56. The zero-order chi connectivity index (χ0) is 17.5. The Labute approximate surface area is 143 Å². The fraction of sp³-hybridized carbons (Fsp3) is 0.706. The Balaban J connectivity index is 2.10. The summed E-state index contributed by atoms with van der Waals surface area (Å²) in [6, 6.07) is 0. The zero-order valence-corrected chi connectivity index (χ0v) is 15.0. The molecule has 2 N–H and O–H groups in total. The summed E-state index contributed by atoms with van der Waals surface area (Å²) in [6.07, 6.45) is 4.61. The predicted molar refractivity (Wildman–Crippen MR) is 93.3 cm³/mol. The van der Waals surface area contributed by atoms with Crippen LogP contribution < -0.4 is 10.6 Å². The first-order valence-corrected chi connectivity index (χ1v) is 8.85. The van der Waals surface area contributed by atoms with E-state index in [4.69, 9.17) is 0 Å². The Kier molecular flexibility index (Phi) is 6.78. The van der Waals surface area contributed by atoms with Crippen LogP contribution in [0.2, 0.25) is 0 Å². The minimum atomic E-state index is -0.188. The molecule has 2 rings (SSSR count). The summed E-state index contributed by atoms with van der Waals surface area (Å²) in [4.78, 5) is 31.3. The first-order valence-electron chi connectivity index (χ1n) is 8.85. The Hall–Kier alpha value is -1.89. The Morgan fingerprint density at radius 3 is 2.62 bits per heavy atom. The Bertz CT molecular complexity index is 580. The van der Waals surface area contributed by atoms with Crippen molar-refractivity contribution >= 4 is 11.8 Å². The average Bonchev–Trinajstić information content (AvgIpc) is 2.96. The van der Waals surface area contributed by atoms with Crippen molar-refractivity contribution in [2.24, 2.45) is 0 Å². The molecule has 0 aromatic carbocycles. The molecule has 0 spiro atoms. The van der Waals surface area contributed by atoms with Gasteiger partial charge in [-0.15, -0.1) is 0 Å². The van der Waals surface area contributed by atoms with E-state index < -0.39 is 0 Å². The number of hydrogen-bond donors (Lipinski definition) is 2. The lowest BCUT2D eigenvalue weighted by Crippen LogP contribution is -2.30. The quantitative estimate of drug-likeness (QED) is 0.696. The monoisotopic (exact) mass is 335 g/mol. The maximum atomic E-state index is 12.5. The molecule has 24 heavy (non-hydrogen) atoms. The molecule has 0 aliphatic carbocycles. The van der Waals surface area contributed by atoms with Gasteiger partial charge >= 0.3 is 0 Å². The molecule has 0 radical (unpaired) electrons. The van der Waals surface area contributed by atoms with E-state index >= 15 is 0 Å². The molecule has 1 aliphatic rings. The van der Waals surface area contributed by atoms with Gasteiger partial charge in [-0.1, -0.05) is 6.92 Å². The minimum absolute atomic E-state index is 0.172. The molecule has 2 amide bonds. The van der Waals surface area contributed by atoms with Crippen LogP contribution in [0.15, 0.2) is 0 Å². The van der Waals surface area contributed by atoms with Gasteiger partial charge in [0.1, 0.15) is 5.69 Å². The van der Waals surface area contributed by atoms with Gasteiger partial charge < -0.3 is 20.1 Å². The van der Waals surface area contributed by atoms with E-state index in [1.54, 1.807) is 0 Å². The van der Waals surface area contributed by atoms with E-state index in [2.05, 4.69) is 20.5 Å². The van der Waals surface area contributed by atoms with Crippen molar-refractivity contribution in [3.05, 3.63) is 17.2 Å². The summed E-state index contributed by atoms with van der Waals surface area (Å²) in [5.74, 6) is 0.0109. The number of rotatable bonds is 8. The Morgan fingerprint density at radius 1 is 1.17 bits per heavy atom. The second kappa shape index (κ2) is 8.82. The van der Waals surface area contributed by atoms with Gasteiger partial charge in [0.25, 0.3) is 11.8 Å². The molecule has 7 nitrogen and oxygen atoms in total. The summed E-state index contributed by atoms with van der Waals surface area (Å²) < 4.78 is 1.92. The van der Waals surface area contributed by atoms with Crippen LogP contribution in [-0.2, 0) is 13.0 Å². The fourth-order valence-electron chi connectivity index (χ4n) is 2.90. The number of nitrogens with zero attached hydrogens (tertiary/aromatic N) is 3. The van der Waals surface area contributed by atoms with Gasteiger partial charge in [-0.25, -0.2) is 4.98 Å². The van der Waals surface area contributed by atoms with Gasteiger partial charge in [0.2, 0.25) is 0 Å². The fourth-order valence-corrected chi connectivity index (χ4v) is 2.90. The summed E-state index contributed by atoms with van der Waals surface area (Å²) >= 11 is 0. The molecule has 1 aliphatic heterocycles. The van der Waals surface area contributed by atoms with E-state index in [1.165, 1.54) is 0 Å². The largest absolute Gasteiger partial charge is 0.351 e. The first kappa shape index (κ1) is 18.4. The highest BCUT2D eigenvalue weighted by atomic mass is 16.2. The summed E-state index contributed by atoms with van der Waals surface area (Å²) in [7, 11) is 4.02. The number of amides is 2. The normalized spacial score (nSPS) is 13.7. The number of carbonyl (C=O) groups excluding carboxylic acids is 2. The lowest BCUT2D eigenvalue weighted by Gasteiger charge is -2.17. The van der Waals surface area contributed by atoms with Gasteiger partial charge in [-0.2, -0.15) is 0 Å². The van der Waals surface area contributed by atoms with Crippen molar-refractivity contribution in [1.29, 1.82) is 0 Å². The smallest absolute Gasteiger partial charge is 0.287 e. The molecular formula is C17H29N5O2. The SMILES string of the molecule is CCCNC(=O)c1nc(C(=O)NCCCN(C)C)n2c1CCCC2. The van der Waals surface area contributed by atoms with Crippen LogP contribution in [0.1, 0.15) is 59.4 Å². The summed E-state index contributed by atoms with van der Waals surface area (Å²) in [5, 5.41) is 5.78. The molecule has 0 saturated carbocycles. The molecule has 134 valence electrons. The highest BCUT2D eigenvalue weighted by molar-refractivity contribution is 5.97. The van der Waals surface area contributed by atoms with Gasteiger partial charge in [0, 0.05) is 19.6 Å². The molecule has 0 atom stereocenters. The highest BCUT2D eigenvalue weighted by Gasteiger charge is 2.27. The van der Waals surface area contributed by atoms with Gasteiger partial charge in [0.15, 0.2) is 5.82 Å². The predicted octanol–water partition coefficient (Wildman–Crippen LogP) is 1.04. The van der Waals surface area contributed by atoms with Crippen LogP contribution in [0.4, 0.5) is 0 Å². The highest BCUT2D eigenvalue weighted by Crippen LogP contribution is 2.21. The number of carbonyl (C=O) groups is 2. The molecule has 1 aromatic heterocycles. The van der Waals surface area contributed by atoms with Crippen molar-refractivity contribution < 1.29 is 9.59 Å². The van der Waals surface area contributed by atoms with Gasteiger partial charge in [0.05, 0.1) is 5.69 Å². The number of hydrogen-bond acceptors (Lipinski definition) is 4. The molecule has 7 heteroatoms. The van der Waals surface area contributed by atoms with Crippen LogP contribution in [0, 0.1) is 0 Å². The van der Waals surface area contributed by atoms with Crippen molar-refractivity contribution in [1.82, 2.24) is 25.1 Å². The van der Waals surface area contributed by atoms with Crippen LogP contribution >= 0.6 is 0 Å². The maximum absolute atomic E-state index is 12.5. The van der Waals surface area contributed by atoms with Crippen molar-refractivity contribution in [3.63, 3.8) is 0 Å². The number of fused-ring (bicyclic) bond motifs is 1. The summed E-state index contributed by atoms with van der Waals surface area (Å²) in [5.41, 5.74) is 1.31. The van der Waals surface area contributed by atoms with E-state index in [1.807, 2.05) is 25.6 Å². The molecule has 0 saturated heterocycles. The van der Waals surface area contributed by atoms with Gasteiger partial charge in [-0.3, -0.25) is 9.59 Å². The lowest BCUT2D eigenvalue weighted by atomic mass is 10.1. The molecule has 0 fully saturated rings. The van der Waals surface area contributed by atoms with Crippen LogP contribution in [0.3, 0.4) is 0 Å². The van der Waals surface area contributed by atoms with Gasteiger partial charge in [-0.05, 0) is 52.7 Å². The Morgan fingerprint density at radius 2 is 1.92 bits per heavy atom. The third-order valence-electron chi connectivity index (χ3n) is 4.14. The maximum Gasteiger partial charge on any atom is 0.287 e. The van der Waals surface area contributed by atoms with Crippen molar-refractivity contribution in [3.8, 4) is 0 Å². The average molecular weight is 335 g/mol. The molecule has 1 aromatic rings. The second-order valence-corrected chi connectivity index (χ2v) is 6.51. The number of imidazole rings is 1. The topological polar surface area (TPSA) is 79.3 Å². The lowest BCUT2D eigenvalue weighted by molar-refractivity contribution is 0.0936. The molecular weight excluding hydrogens is 306 g/mol.